The Balaban J connectivity index is 1.04. The van der Waals surface area contributed by atoms with E-state index in [0.717, 1.165) is 49.4 Å². The summed E-state index contributed by atoms with van der Waals surface area (Å²) in [6, 6.07) is 0. The van der Waals surface area contributed by atoms with E-state index in [4.69, 9.17) is 0 Å². The summed E-state index contributed by atoms with van der Waals surface area (Å²) >= 11 is 0. The predicted octanol–water partition coefficient (Wildman–Crippen LogP) is 6.28. The van der Waals surface area contributed by atoms with Crippen molar-refractivity contribution in [3.8, 4) is 11.8 Å². The minimum Gasteiger partial charge on any atom is -0.494 e. The first-order chi connectivity index (χ1) is 18.8. The maximum atomic E-state index is 13.1. The number of imide groups is 1. The van der Waals surface area contributed by atoms with E-state index < -0.39 is 0 Å². The second-order valence-corrected chi connectivity index (χ2v) is 12.7. The van der Waals surface area contributed by atoms with Gasteiger partial charge in [0.2, 0.25) is 5.88 Å². The maximum Gasteiger partial charge on any atom is 0.261 e. The van der Waals surface area contributed by atoms with Gasteiger partial charge in [-0.25, -0.2) is 0 Å². The topological polar surface area (TPSA) is 82.8 Å². The van der Waals surface area contributed by atoms with Crippen LogP contribution in [0.3, 0.4) is 0 Å². The number of aromatic nitrogens is 1. The zero-order valence-corrected chi connectivity index (χ0v) is 23.3. The average Bonchev–Trinajstić information content (AvgIpc) is 3.77. The summed E-state index contributed by atoms with van der Waals surface area (Å²) in [7, 11) is 0. The first-order valence-electron chi connectivity index (χ1n) is 15.0. The minimum atomic E-state index is -0.266. The van der Waals surface area contributed by atoms with Gasteiger partial charge in [-0.3, -0.25) is 19.1 Å². The van der Waals surface area contributed by atoms with Gasteiger partial charge in [0.1, 0.15) is 0 Å². The highest BCUT2D eigenvalue weighted by molar-refractivity contribution is 6.20. The van der Waals surface area contributed by atoms with Crippen molar-refractivity contribution in [3.63, 3.8) is 0 Å². The second-order valence-electron chi connectivity index (χ2n) is 12.7. The Bertz CT molecular complexity index is 1280. The summed E-state index contributed by atoms with van der Waals surface area (Å²) in [5.41, 5.74) is 1.88. The molecule has 2 N–H and O–H groups in total. The number of unbranched alkanes of at least 4 members (excludes halogenated alkanes) is 1. The van der Waals surface area contributed by atoms with Gasteiger partial charge in [-0.2, -0.15) is 0 Å². The second kappa shape index (κ2) is 10.5. The van der Waals surface area contributed by atoms with Crippen molar-refractivity contribution in [1.82, 2.24) is 9.47 Å². The fourth-order valence-corrected chi connectivity index (χ4v) is 8.07. The molecule has 0 saturated heterocycles. The molecule has 1 aromatic heterocycles. The SMILES string of the molecule is CC1=C(/C=C/c2c(C)c(O)n(CCCC3CC4C=CC3C4)c2O)C(=O)N(CCCCC2CC3C=CC2C3)C1=O. The molecule has 4 bridgehead atoms. The maximum absolute atomic E-state index is 13.1. The predicted molar refractivity (Wildman–Crippen MR) is 152 cm³/mol. The van der Waals surface area contributed by atoms with Crippen molar-refractivity contribution in [3.05, 3.63) is 52.7 Å². The number of rotatable bonds is 11. The molecule has 6 rings (SSSR count). The number of amides is 2. The summed E-state index contributed by atoms with van der Waals surface area (Å²) in [5, 5.41) is 21.7. The van der Waals surface area contributed by atoms with Crippen LogP contribution in [-0.4, -0.2) is 38.0 Å². The zero-order valence-electron chi connectivity index (χ0n) is 23.3. The van der Waals surface area contributed by atoms with Crippen molar-refractivity contribution in [1.29, 1.82) is 0 Å². The van der Waals surface area contributed by atoms with Gasteiger partial charge >= 0.3 is 0 Å². The molecule has 1 aliphatic heterocycles. The van der Waals surface area contributed by atoms with E-state index in [2.05, 4.69) is 24.3 Å². The van der Waals surface area contributed by atoms with Crippen molar-refractivity contribution in [2.45, 2.75) is 78.2 Å². The Morgan fingerprint density at radius 1 is 0.769 bits per heavy atom. The number of aromatic hydroxyl groups is 2. The molecular formula is C33H42N2O4. The van der Waals surface area contributed by atoms with Crippen molar-refractivity contribution < 1.29 is 19.8 Å². The van der Waals surface area contributed by atoms with Crippen LogP contribution in [0.25, 0.3) is 6.08 Å². The van der Waals surface area contributed by atoms with Crippen LogP contribution >= 0.6 is 0 Å². The lowest BCUT2D eigenvalue weighted by Crippen LogP contribution is -2.32. The van der Waals surface area contributed by atoms with Crippen LogP contribution in [0.2, 0.25) is 0 Å². The highest BCUT2D eigenvalue weighted by Crippen LogP contribution is 2.46. The Kier molecular flexibility index (Phi) is 7.07. The van der Waals surface area contributed by atoms with Gasteiger partial charge < -0.3 is 10.2 Å². The van der Waals surface area contributed by atoms with E-state index in [-0.39, 0.29) is 23.6 Å². The zero-order chi connectivity index (χ0) is 27.3. The molecule has 0 radical (unpaired) electrons. The fraction of sp³-hybridized carbons (Fsp3) is 0.576. The van der Waals surface area contributed by atoms with Crippen LogP contribution in [0, 0.1) is 42.4 Å². The monoisotopic (exact) mass is 530 g/mol. The molecule has 2 heterocycles. The van der Waals surface area contributed by atoms with Crippen molar-refractivity contribution >= 4 is 17.9 Å². The molecular weight excluding hydrogens is 488 g/mol. The van der Waals surface area contributed by atoms with Crippen molar-refractivity contribution in [2.24, 2.45) is 35.5 Å². The first-order valence-corrected chi connectivity index (χ1v) is 15.0. The third-order valence-electron chi connectivity index (χ3n) is 10.3. The number of hydrogen-bond acceptors (Lipinski definition) is 4. The molecule has 2 amide bonds. The van der Waals surface area contributed by atoms with Gasteiger partial charge in [-0.1, -0.05) is 30.7 Å². The molecule has 4 aliphatic carbocycles. The highest BCUT2D eigenvalue weighted by atomic mass is 16.3. The minimum absolute atomic E-state index is 0.0106. The third-order valence-corrected chi connectivity index (χ3v) is 10.3. The molecule has 6 unspecified atom stereocenters. The number of carbonyl (C=O) groups excluding carboxylic acids is 2. The Labute approximate surface area is 231 Å². The molecule has 0 spiro atoms. The van der Waals surface area contributed by atoms with E-state index in [1.54, 1.807) is 30.6 Å². The number of hydrogen-bond donors (Lipinski definition) is 2. The van der Waals surface area contributed by atoms with E-state index in [9.17, 15) is 19.8 Å². The molecule has 2 saturated carbocycles. The van der Waals surface area contributed by atoms with Gasteiger partial charge in [0.05, 0.1) is 0 Å². The molecule has 6 heteroatoms. The largest absolute Gasteiger partial charge is 0.494 e. The van der Waals surface area contributed by atoms with Gasteiger partial charge in [-0.15, -0.1) is 0 Å². The van der Waals surface area contributed by atoms with Crippen LogP contribution in [0.4, 0.5) is 0 Å². The lowest BCUT2D eigenvalue weighted by Gasteiger charge is -2.19. The standard InChI is InChI=1S/C33H42N2O4/c1-20-28(32(38)34(30(20)36)14-4-3-6-24-16-22-8-10-26(24)18-22)12-13-29-21(2)31(37)35(33(29)39)15-5-7-25-17-23-9-11-27(25)19-23/h8-13,22-27,37,39H,3-7,14-19H2,1-2H3/b13-12+. The number of fused-ring (bicyclic) bond motifs is 4. The summed E-state index contributed by atoms with van der Waals surface area (Å²) in [6.07, 6.45) is 22.9. The summed E-state index contributed by atoms with van der Waals surface area (Å²) in [6.45, 7) is 4.47. The van der Waals surface area contributed by atoms with Gasteiger partial charge in [0.15, 0.2) is 5.88 Å². The van der Waals surface area contributed by atoms with Gasteiger partial charge in [-0.05, 0) is 113 Å². The van der Waals surface area contributed by atoms with Crippen LogP contribution in [-0.2, 0) is 16.1 Å². The highest BCUT2D eigenvalue weighted by Gasteiger charge is 2.37. The van der Waals surface area contributed by atoms with Crippen molar-refractivity contribution in [2.75, 3.05) is 6.54 Å². The van der Waals surface area contributed by atoms with E-state index >= 15 is 0 Å². The molecule has 6 nitrogen and oxygen atoms in total. The van der Waals surface area contributed by atoms with Crippen LogP contribution in [0.15, 0.2) is 41.5 Å². The average molecular weight is 531 g/mol. The third kappa shape index (κ3) is 4.81. The van der Waals surface area contributed by atoms with Gasteiger partial charge in [0.25, 0.3) is 11.8 Å². The molecule has 1 aromatic rings. The van der Waals surface area contributed by atoms with E-state index in [1.807, 2.05) is 0 Å². The summed E-state index contributed by atoms with van der Waals surface area (Å²) in [5.74, 6) is 4.01. The summed E-state index contributed by atoms with van der Waals surface area (Å²) in [4.78, 5) is 27.4. The number of carbonyl (C=O) groups is 2. The van der Waals surface area contributed by atoms with E-state index in [1.165, 1.54) is 37.0 Å². The van der Waals surface area contributed by atoms with Crippen LogP contribution < -0.4 is 0 Å². The number of allylic oxidation sites excluding steroid dienone is 4. The lowest BCUT2D eigenvalue weighted by atomic mass is 9.89. The van der Waals surface area contributed by atoms with Crippen LogP contribution in [0.5, 0.6) is 11.8 Å². The lowest BCUT2D eigenvalue weighted by molar-refractivity contribution is -0.137. The molecule has 2 fully saturated rings. The Morgan fingerprint density at radius 3 is 2.00 bits per heavy atom. The molecule has 39 heavy (non-hydrogen) atoms. The van der Waals surface area contributed by atoms with Gasteiger partial charge in [0, 0.05) is 35.4 Å². The van der Waals surface area contributed by atoms with E-state index in [0.29, 0.717) is 47.2 Å². The Morgan fingerprint density at radius 2 is 1.41 bits per heavy atom. The smallest absolute Gasteiger partial charge is 0.261 e. The quantitative estimate of drug-likeness (QED) is 0.200. The van der Waals surface area contributed by atoms with Crippen LogP contribution in [0.1, 0.15) is 75.8 Å². The molecule has 208 valence electrons. The number of nitrogens with zero attached hydrogens (tertiary/aromatic N) is 2. The molecule has 5 aliphatic rings. The molecule has 6 atom stereocenters. The fourth-order valence-electron chi connectivity index (χ4n) is 8.07. The summed E-state index contributed by atoms with van der Waals surface area (Å²) < 4.78 is 1.57. The molecule has 0 aromatic carbocycles. The Hall–Kier alpha value is -3.02. The first kappa shape index (κ1) is 26.2. The normalized spacial score (nSPS) is 31.0.